The lowest BCUT2D eigenvalue weighted by atomic mass is 10.0. The van der Waals surface area contributed by atoms with Gasteiger partial charge in [-0.25, -0.2) is 0 Å². The number of hydrogen-bond acceptors (Lipinski definition) is 4. The highest BCUT2D eigenvalue weighted by Gasteiger charge is 2.13. The molecule has 0 fully saturated rings. The minimum absolute atomic E-state index is 0.0851. The van der Waals surface area contributed by atoms with Crippen molar-refractivity contribution in [1.82, 2.24) is 4.90 Å². The summed E-state index contributed by atoms with van der Waals surface area (Å²) in [6.07, 6.45) is 1.51. The Kier molecular flexibility index (Phi) is 4.94. The second kappa shape index (κ2) is 7.09. The first-order valence-electron chi connectivity index (χ1n) is 6.76. The monoisotopic (exact) mass is 292 g/mol. The third-order valence-corrected chi connectivity index (χ3v) is 2.83. The van der Waals surface area contributed by atoms with Crippen molar-refractivity contribution in [3.63, 3.8) is 0 Å². The van der Waals surface area contributed by atoms with Gasteiger partial charge >= 0.3 is 0 Å². The van der Waals surface area contributed by atoms with Crippen molar-refractivity contribution < 1.29 is 9.53 Å². The van der Waals surface area contributed by atoms with Gasteiger partial charge in [0.2, 0.25) is 5.78 Å². The molecule has 0 heterocycles. The molecule has 22 heavy (non-hydrogen) atoms. The Bertz CT molecular complexity index is 728. The van der Waals surface area contributed by atoms with Crippen LogP contribution in [0.4, 0.5) is 0 Å². The number of nitrogens with zero attached hydrogens (tertiary/aromatic N) is 2. The number of benzene rings is 2. The minimum Gasteiger partial charge on any atom is -0.457 e. The summed E-state index contributed by atoms with van der Waals surface area (Å²) in [7, 11) is 3.53. The second-order valence-corrected chi connectivity index (χ2v) is 4.89. The average Bonchev–Trinajstić information content (AvgIpc) is 2.53. The molecule has 0 aliphatic rings. The molecular weight excluding hydrogens is 276 g/mol. The van der Waals surface area contributed by atoms with E-state index in [0.717, 1.165) is 0 Å². The van der Waals surface area contributed by atoms with Gasteiger partial charge in [-0.1, -0.05) is 30.3 Å². The summed E-state index contributed by atoms with van der Waals surface area (Å²) in [5.41, 5.74) is 0.505. The van der Waals surface area contributed by atoms with Crippen LogP contribution in [0.2, 0.25) is 0 Å². The third kappa shape index (κ3) is 3.97. The normalized spacial score (nSPS) is 10.7. The van der Waals surface area contributed by atoms with Crippen LogP contribution in [0.15, 0.2) is 66.4 Å². The maximum Gasteiger partial charge on any atom is 0.205 e. The fourth-order valence-corrected chi connectivity index (χ4v) is 1.88. The van der Waals surface area contributed by atoms with Gasteiger partial charge in [0.25, 0.3) is 0 Å². The Balaban J connectivity index is 2.25. The van der Waals surface area contributed by atoms with Crippen molar-refractivity contribution in [2.75, 3.05) is 14.1 Å². The van der Waals surface area contributed by atoms with Crippen molar-refractivity contribution in [2.45, 2.75) is 0 Å². The summed E-state index contributed by atoms with van der Waals surface area (Å²) >= 11 is 0. The quantitative estimate of drug-likeness (QED) is 0.480. The number of ketones is 1. The first-order chi connectivity index (χ1) is 10.6. The largest absolute Gasteiger partial charge is 0.457 e. The lowest BCUT2D eigenvalue weighted by Crippen LogP contribution is -2.08. The summed E-state index contributed by atoms with van der Waals surface area (Å²) in [6, 6.07) is 18.1. The molecule has 0 radical (unpaired) electrons. The van der Waals surface area contributed by atoms with E-state index >= 15 is 0 Å². The highest BCUT2D eigenvalue weighted by atomic mass is 16.5. The third-order valence-electron chi connectivity index (χ3n) is 2.83. The SMILES string of the molecule is CN(C)/C=C(\C#N)C(=O)c1cccc(Oc2ccccc2)c1. The Morgan fingerprint density at radius 2 is 1.77 bits per heavy atom. The first kappa shape index (κ1) is 15.3. The standard InChI is InChI=1S/C18H16N2O2/c1-20(2)13-15(12-19)18(21)14-7-6-10-17(11-14)22-16-8-4-3-5-9-16/h3-11,13H,1-2H3/b15-13+. The zero-order valence-corrected chi connectivity index (χ0v) is 12.5. The topological polar surface area (TPSA) is 53.3 Å². The summed E-state index contributed by atoms with van der Waals surface area (Å²) < 4.78 is 5.70. The molecule has 2 aromatic rings. The lowest BCUT2D eigenvalue weighted by Gasteiger charge is -2.08. The molecule has 0 unspecified atom stereocenters. The molecule has 0 saturated heterocycles. The number of nitriles is 1. The van der Waals surface area contributed by atoms with E-state index in [-0.39, 0.29) is 11.4 Å². The summed E-state index contributed by atoms with van der Waals surface area (Å²) in [6.45, 7) is 0. The molecule has 0 atom stereocenters. The first-order valence-corrected chi connectivity index (χ1v) is 6.76. The number of rotatable bonds is 5. The lowest BCUT2D eigenvalue weighted by molar-refractivity contribution is 0.103. The summed E-state index contributed by atoms with van der Waals surface area (Å²) in [4.78, 5) is 14.0. The number of Topliss-reactive ketones (excluding diaryl/α,β-unsaturated/α-hetero) is 1. The Morgan fingerprint density at radius 1 is 1.09 bits per heavy atom. The molecule has 0 N–H and O–H groups in total. The van der Waals surface area contributed by atoms with E-state index in [0.29, 0.717) is 17.1 Å². The Morgan fingerprint density at radius 3 is 2.41 bits per heavy atom. The number of allylic oxidation sites excluding steroid dienone is 1. The maximum absolute atomic E-state index is 12.3. The molecular formula is C18H16N2O2. The number of para-hydroxylation sites is 1. The zero-order valence-electron chi connectivity index (χ0n) is 12.5. The van der Waals surface area contributed by atoms with E-state index in [9.17, 15) is 4.79 Å². The van der Waals surface area contributed by atoms with Gasteiger partial charge in [-0.05, 0) is 24.3 Å². The van der Waals surface area contributed by atoms with Crippen molar-refractivity contribution in [3.05, 3.63) is 71.9 Å². The van der Waals surface area contributed by atoms with E-state index in [2.05, 4.69) is 0 Å². The van der Waals surface area contributed by atoms with Gasteiger partial charge in [0, 0.05) is 25.9 Å². The molecule has 0 saturated carbocycles. The van der Waals surface area contributed by atoms with Crippen LogP contribution >= 0.6 is 0 Å². The van der Waals surface area contributed by atoms with Crippen molar-refractivity contribution in [3.8, 4) is 17.6 Å². The van der Waals surface area contributed by atoms with Crippen LogP contribution < -0.4 is 4.74 Å². The molecule has 0 bridgehead atoms. The Labute approximate surface area is 129 Å². The highest BCUT2D eigenvalue weighted by molar-refractivity contribution is 6.11. The van der Waals surface area contributed by atoms with Crippen LogP contribution in [-0.2, 0) is 0 Å². The minimum atomic E-state index is -0.324. The smallest absolute Gasteiger partial charge is 0.205 e. The Hall–Kier alpha value is -3.06. The molecule has 0 spiro atoms. The van der Waals surface area contributed by atoms with Gasteiger partial charge in [0.15, 0.2) is 0 Å². The highest BCUT2D eigenvalue weighted by Crippen LogP contribution is 2.22. The molecule has 2 aromatic carbocycles. The predicted octanol–water partition coefficient (Wildman–Crippen LogP) is 3.63. The van der Waals surface area contributed by atoms with E-state index in [1.54, 1.807) is 43.3 Å². The fraction of sp³-hybridized carbons (Fsp3) is 0.111. The van der Waals surface area contributed by atoms with Crippen LogP contribution in [-0.4, -0.2) is 24.8 Å². The zero-order chi connectivity index (χ0) is 15.9. The second-order valence-electron chi connectivity index (χ2n) is 4.89. The van der Waals surface area contributed by atoms with Gasteiger partial charge in [-0.15, -0.1) is 0 Å². The fourth-order valence-electron chi connectivity index (χ4n) is 1.88. The summed E-state index contributed by atoms with van der Waals surface area (Å²) in [5, 5.41) is 9.11. The van der Waals surface area contributed by atoms with E-state index < -0.39 is 0 Å². The molecule has 2 rings (SSSR count). The van der Waals surface area contributed by atoms with E-state index in [1.807, 2.05) is 36.4 Å². The van der Waals surface area contributed by atoms with Crippen LogP contribution in [0.5, 0.6) is 11.5 Å². The molecule has 4 nitrogen and oxygen atoms in total. The molecule has 0 aliphatic heterocycles. The molecule has 0 amide bonds. The van der Waals surface area contributed by atoms with Gasteiger partial charge in [-0.2, -0.15) is 5.26 Å². The summed E-state index contributed by atoms with van der Waals surface area (Å²) in [5.74, 6) is 0.922. The molecule has 4 heteroatoms. The van der Waals surface area contributed by atoms with Gasteiger partial charge in [0.05, 0.1) is 0 Å². The van der Waals surface area contributed by atoms with E-state index in [1.165, 1.54) is 6.20 Å². The van der Waals surface area contributed by atoms with Crippen molar-refractivity contribution >= 4 is 5.78 Å². The number of ether oxygens (including phenoxy) is 1. The molecule has 0 aromatic heterocycles. The van der Waals surface area contributed by atoms with Gasteiger partial charge < -0.3 is 9.64 Å². The maximum atomic E-state index is 12.3. The molecule has 110 valence electrons. The van der Waals surface area contributed by atoms with E-state index in [4.69, 9.17) is 10.00 Å². The van der Waals surface area contributed by atoms with Crippen molar-refractivity contribution in [1.29, 1.82) is 5.26 Å². The molecule has 0 aliphatic carbocycles. The number of carbonyl (C=O) groups is 1. The van der Waals surface area contributed by atoms with Crippen molar-refractivity contribution in [2.24, 2.45) is 0 Å². The van der Waals surface area contributed by atoms with Crippen LogP contribution in [0.25, 0.3) is 0 Å². The average molecular weight is 292 g/mol. The number of hydrogen-bond donors (Lipinski definition) is 0. The van der Waals surface area contributed by atoms with Gasteiger partial charge in [-0.3, -0.25) is 4.79 Å². The predicted molar refractivity (Wildman–Crippen MR) is 84.7 cm³/mol. The number of carbonyl (C=O) groups excluding carboxylic acids is 1. The van der Waals surface area contributed by atoms with Crippen LogP contribution in [0.1, 0.15) is 10.4 Å². The van der Waals surface area contributed by atoms with Crippen LogP contribution in [0.3, 0.4) is 0 Å². The van der Waals surface area contributed by atoms with Crippen LogP contribution in [0, 0.1) is 11.3 Å². The van der Waals surface area contributed by atoms with Gasteiger partial charge in [0.1, 0.15) is 23.1 Å².